The van der Waals surface area contributed by atoms with E-state index < -0.39 is 0 Å². The molecule has 1 heterocycles. The van der Waals surface area contributed by atoms with E-state index in [1.54, 1.807) is 0 Å². The number of rotatable bonds is 1. The topological polar surface area (TPSA) is 26.0 Å². The molecule has 4 rings (SSSR count). The molecule has 1 aliphatic carbocycles. The summed E-state index contributed by atoms with van der Waals surface area (Å²) in [7, 11) is 0. The summed E-state index contributed by atoms with van der Waals surface area (Å²) in [6, 6.07) is 16.9. The second-order valence-corrected chi connectivity index (χ2v) is 6.69. The van der Waals surface area contributed by atoms with Crippen LogP contribution >= 0.6 is 11.3 Å². The van der Waals surface area contributed by atoms with Gasteiger partial charge >= 0.3 is 0 Å². The van der Waals surface area contributed by atoms with Crippen molar-refractivity contribution < 1.29 is 0 Å². The molecule has 0 radical (unpaired) electrons. The minimum absolute atomic E-state index is 0.899. The lowest BCUT2D eigenvalue weighted by molar-refractivity contribution is 0.873. The highest BCUT2D eigenvalue weighted by Gasteiger charge is 2.16. The smallest absolute Gasteiger partial charge is 0.0408 e. The summed E-state index contributed by atoms with van der Waals surface area (Å²) in [6.07, 6.45) is 5.87. The zero-order valence-corrected chi connectivity index (χ0v) is 12.6. The predicted octanol–water partition coefficient (Wildman–Crippen LogP) is 5.36. The number of benzene rings is 2. The molecule has 0 spiro atoms. The lowest BCUT2D eigenvalue weighted by atomic mass is 10.00. The van der Waals surface area contributed by atoms with Crippen LogP contribution in [0.3, 0.4) is 0 Å². The number of nitrogens with two attached hydrogens (primary N) is 1. The van der Waals surface area contributed by atoms with Crippen LogP contribution in [-0.4, -0.2) is 0 Å². The molecule has 3 aromatic rings. The molecule has 0 saturated carbocycles. The molecule has 1 nitrogen and oxygen atoms in total. The standard InChI is InChI=1S/C19H17NS/c20-16-9-5-11-18-19(16)15-12-14(8-4-10-17(15)21-18)13-6-2-1-3-7-13/h1-3,5-7,9,11-12H,4,8,10,20H2. The Morgan fingerprint density at radius 3 is 2.62 bits per heavy atom. The quantitative estimate of drug-likeness (QED) is 0.600. The first-order valence-electron chi connectivity index (χ1n) is 7.39. The van der Waals surface area contributed by atoms with Gasteiger partial charge in [0.25, 0.3) is 0 Å². The third-order valence-corrected chi connectivity index (χ3v) is 5.41. The van der Waals surface area contributed by atoms with Gasteiger partial charge in [0.15, 0.2) is 0 Å². The summed E-state index contributed by atoms with van der Waals surface area (Å²) in [4.78, 5) is 1.48. The minimum Gasteiger partial charge on any atom is -0.398 e. The van der Waals surface area contributed by atoms with Crippen molar-refractivity contribution in [2.75, 3.05) is 5.73 Å². The lowest BCUT2D eigenvalue weighted by Gasteiger charge is -2.05. The molecule has 2 heteroatoms. The first-order chi connectivity index (χ1) is 10.3. The molecule has 0 saturated heterocycles. The molecule has 1 aliphatic rings. The van der Waals surface area contributed by atoms with Crippen LogP contribution in [0.1, 0.15) is 28.8 Å². The van der Waals surface area contributed by atoms with E-state index >= 15 is 0 Å². The van der Waals surface area contributed by atoms with E-state index in [0.717, 1.165) is 18.5 Å². The Morgan fingerprint density at radius 1 is 0.905 bits per heavy atom. The summed E-state index contributed by atoms with van der Waals surface area (Å²) >= 11 is 1.90. The lowest BCUT2D eigenvalue weighted by Crippen LogP contribution is -1.86. The molecule has 0 atom stereocenters. The highest BCUT2D eigenvalue weighted by molar-refractivity contribution is 7.19. The van der Waals surface area contributed by atoms with E-state index in [9.17, 15) is 0 Å². The van der Waals surface area contributed by atoms with Gasteiger partial charge in [0, 0.05) is 20.7 Å². The Bertz CT molecular complexity index is 827. The molecule has 21 heavy (non-hydrogen) atoms. The maximum Gasteiger partial charge on any atom is 0.0408 e. The number of nitrogen functional groups attached to an aromatic ring is 1. The van der Waals surface area contributed by atoms with Crippen LogP contribution in [0.25, 0.3) is 21.7 Å². The van der Waals surface area contributed by atoms with Gasteiger partial charge in [0.1, 0.15) is 0 Å². The maximum atomic E-state index is 6.24. The molecular weight excluding hydrogens is 274 g/mol. The number of hydrogen-bond donors (Lipinski definition) is 1. The summed E-state index contributed by atoms with van der Waals surface area (Å²) in [5.74, 6) is 0. The Kier molecular flexibility index (Phi) is 3.04. The van der Waals surface area contributed by atoms with Gasteiger partial charge in [-0.3, -0.25) is 0 Å². The molecule has 104 valence electrons. The number of allylic oxidation sites excluding steroid dienone is 1. The molecule has 0 amide bonds. The van der Waals surface area contributed by atoms with Crippen molar-refractivity contribution in [3.63, 3.8) is 0 Å². The second kappa shape index (κ2) is 5.05. The van der Waals surface area contributed by atoms with Crippen LogP contribution in [0.15, 0.2) is 48.5 Å². The normalized spacial score (nSPS) is 14.6. The van der Waals surface area contributed by atoms with Gasteiger partial charge in [-0.2, -0.15) is 0 Å². The first-order valence-corrected chi connectivity index (χ1v) is 8.20. The van der Waals surface area contributed by atoms with Crippen molar-refractivity contribution in [1.82, 2.24) is 0 Å². The number of aryl methyl sites for hydroxylation is 1. The first kappa shape index (κ1) is 12.7. The van der Waals surface area contributed by atoms with Crippen molar-refractivity contribution in [2.45, 2.75) is 19.3 Å². The summed E-state index contributed by atoms with van der Waals surface area (Å²) in [5, 5.41) is 1.24. The molecule has 0 aliphatic heterocycles. The van der Waals surface area contributed by atoms with E-state index in [-0.39, 0.29) is 0 Å². The van der Waals surface area contributed by atoms with Gasteiger partial charge in [0.2, 0.25) is 0 Å². The molecular formula is C19H17NS. The largest absolute Gasteiger partial charge is 0.398 e. The van der Waals surface area contributed by atoms with Gasteiger partial charge in [-0.05, 0) is 54.2 Å². The Morgan fingerprint density at radius 2 is 1.76 bits per heavy atom. The zero-order valence-electron chi connectivity index (χ0n) is 11.8. The van der Waals surface area contributed by atoms with E-state index in [1.165, 1.54) is 38.1 Å². The Hall–Kier alpha value is -2.06. The molecule has 1 aromatic heterocycles. The fraction of sp³-hybridized carbons (Fsp3) is 0.158. The van der Waals surface area contributed by atoms with Gasteiger partial charge in [-0.1, -0.05) is 36.4 Å². The summed E-state index contributed by atoms with van der Waals surface area (Å²) < 4.78 is 1.31. The molecule has 0 bridgehead atoms. The molecule has 2 aromatic carbocycles. The number of hydrogen-bond acceptors (Lipinski definition) is 2. The highest BCUT2D eigenvalue weighted by atomic mass is 32.1. The van der Waals surface area contributed by atoms with Crippen LogP contribution < -0.4 is 5.73 Å². The fourth-order valence-corrected chi connectivity index (χ4v) is 4.41. The second-order valence-electron chi connectivity index (χ2n) is 5.55. The van der Waals surface area contributed by atoms with Crippen LogP contribution in [0.2, 0.25) is 0 Å². The summed E-state index contributed by atoms with van der Waals surface area (Å²) in [5.41, 5.74) is 11.2. The maximum absolute atomic E-state index is 6.24. The number of thiophene rings is 1. The van der Waals surface area contributed by atoms with E-state index in [0.29, 0.717) is 0 Å². The van der Waals surface area contributed by atoms with Crippen LogP contribution in [-0.2, 0) is 6.42 Å². The van der Waals surface area contributed by atoms with E-state index in [4.69, 9.17) is 5.73 Å². The molecule has 0 fully saturated rings. The van der Waals surface area contributed by atoms with Crippen molar-refractivity contribution in [2.24, 2.45) is 0 Å². The van der Waals surface area contributed by atoms with Gasteiger partial charge < -0.3 is 5.73 Å². The summed E-state index contributed by atoms with van der Waals surface area (Å²) in [6.45, 7) is 0. The van der Waals surface area contributed by atoms with E-state index in [1.807, 2.05) is 17.4 Å². The van der Waals surface area contributed by atoms with Crippen molar-refractivity contribution in [3.8, 4) is 0 Å². The average molecular weight is 291 g/mol. The van der Waals surface area contributed by atoms with Crippen LogP contribution in [0.5, 0.6) is 0 Å². The minimum atomic E-state index is 0.899. The van der Waals surface area contributed by atoms with Crippen molar-refractivity contribution in [1.29, 1.82) is 0 Å². The van der Waals surface area contributed by atoms with Gasteiger partial charge in [-0.15, -0.1) is 11.3 Å². The zero-order chi connectivity index (χ0) is 14.2. The van der Waals surface area contributed by atoms with Crippen molar-refractivity contribution in [3.05, 3.63) is 64.5 Å². The average Bonchev–Trinajstić information content (AvgIpc) is 2.73. The van der Waals surface area contributed by atoms with Gasteiger partial charge in [0.05, 0.1) is 0 Å². The van der Waals surface area contributed by atoms with Crippen LogP contribution in [0, 0.1) is 0 Å². The van der Waals surface area contributed by atoms with Crippen LogP contribution in [0.4, 0.5) is 5.69 Å². The SMILES string of the molecule is Nc1cccc2sc3c(c12)C=C(c1ccccc1)CCC3. The van der Waals surface area contributed by atoms with Gasteiger partial charge in [-0.25, -0.2) is 0 Å². The third-order valence-electron chi connectivity index (χ3n) is 4.17. The molecule has 2 N–H and O–H groups in total. The monoisotopic (exact) mass is 291 g/mol. The third kappa shape index (κ3) is 2.16. The van der Waals surface area contributed by atoms with Crippen molar-refractivity contribution >= 4 is 38.8 Å². The highest BCUT2D eigenvalue weighted by Crippen LogP contribution is 2.40. The number of anilines is 1. The Labute approximate surface area is 128 Å². The fourth-order valence-electron chi connectivity index (χ4n) is 3.15. The Balaban J connectivity index is 1.95. The molecule has 0 unspecified atom stereocenters. The predicted molar refractivity (Wildman–Crippen MR) is 93.5 cm³/mol. The van der Waals surface area contributed by atoms with E-state index in [2.05, 4.69) is 48.5 Å². The number of fused-ring (bicyclic) bond motifs is 3.